The third-order valence-corrected chi connectivity index (χ3v) is 5.84. The van der Waals surface area contributed by atoms with Gasteiger partial charge in [0.15, 0.2) is 0 Å². The maximum atomic E-state index is 13.4. The van der Waals surface area contributed by atoms with Crippen molar-refractivity contribution in [1.82, 2.24) is 5.32 Å². The largest absolute Gasteiger partial charge is 0.350 e. The molecule has 0 aromatic heterocycles. The lowest BCUT2D eigenvalue weighted by atomic mass is 10.0. The van der Waals surface area contributed by atoms with E-state index in [0.29, 0.717) is 6.54 Å². The highest BCUT2D eigenvalue weighted by Gasteiger charge is 2.21. The number of halogens is 2. The van der Waals surface area contributed by atoms with E-state index in [4.69, 9.17) is 11.6 Å². The Morgan fingerprint density at radius 3 is 2.39 bits per heavy atom. The number of hydrogen-bond donors (Lipinski definition) is 1. The van der Waals surface area contributed by atoms with Gasteiger partial charge in [0, 0.05) is 6.54 Å². The molecule has 0 radical (unpaired) electrons. The van der Waals surface area contributed by atoms with E-state index in [1.165, 1.54) is 17.7 Å². The lowest BCUT2D eigenvalue weighted by Gasteiger charge is -2.22. The normalized spacial score (nSPS) is 11.3. The monoisotopic (exact) mass is 426 g/mol. The van der Waals surface area contributed by atoms with Gasteiger partial charge in [-0.2, -0.15) is 0 Å². The van der Waals surface area contributed by atoms with E-state index in [9.17, 15) is 17.6 Å². The summed E-state index contributed by atoms with van der Waals surface area (Å²) in [7, 11) is -3.76. The number of aryl methyl sites for hydroxylation is 2. The van der Waals surface area contributed by atoms with Crippen LogP contribution >= 0.6 is 11.6 Å². The third-order valence-electron chi connectivity index (χ3n) is 4.41. The van der Waals surface area contributed by atoms with Crippen molar-refractivity contribution in [2.75, 3.05) is 17.1 Å². The van der Waals surface area contributed by atoms with E-state index in [1.807, 2.05) is 19.1 Å². The molecule has 0 aliphatic heterocycles. The fourth-order valence-electron chi connectivity index (χ4n) is 2.83. The second-order valence-corrected chi connectivity index (χ2v) is 8.77. The van der Waals surface area contributed by atoms with Gasteiger partial charge < -0.3 is 5.32 Å². The first-order valence-electron chi connectivity index (χ1n) is 8.95. The molecule has 1 N–H and O–H groups in total. The summed E-state index contributed by atoms with van der Waals surface area (Å²) >= 11 is 5.75. The van der Waals surface area contributed by atoms with Gasteiger partial charge in [-0.3, -0.25) is 9.10 Å². The zero-order chi connectivity index (χ0) is 20.9. The topological polar surface area (TPSA) is 66.5 Å². The average molecular weight is 427 g/mol. The molecule has 2 rings (SSSR count). The molecular formula is C20H24ClFN2O3S. The molecule has 0 saturated heterocycles. The molecule has 0 fully saturated rings. The van der Waals surface area contributed by atoms with Crippen molar-refractivity contribution in [3.05, 3.63) is 63.9 Å². The van der Waals surface area contributed by atoms with Crippen LogP contribution in [0.2, 0.25) is 5.02 Å². The van der Waals surface area contributed by atoms with Crippen LogP contribution in [0.5, 0.6) is 0 Å². The standard InChI is InChI=1S/C20H24ClFN2O3S/c1-4-14-6-7-15(5-2)16(10-14)12-23-20(25)13-24(28(3,26)27)17-8-9-19(22)18(21)11-17/h6-11H,4-5,12-13H2,1-3H3,(H,23,25). The Morgan fingerprint density at radius 2 is 1.82 bits per heavy atom. The van der Waals surface area contributed by atoms with Crippen molar-refractivity contribution < 1.29 is 17.6 Å². The first kappa shape index (κ1) is 22.2. The smallest absolute Gasteiger partial charge is 0.241 e. The van der Waals surface area contributed by atoms with Gasteiger partial charge in [-0.15, -0.1) is 0 Å². The Morgan fingerprint density at radius 1 is 1.11 bits per heavy atom. The Kier molecular flexibility index (Phi) is 7.43. The zero-order valence-electron chi connectivity index (χ0n) is 16.1. The van der Waals surface area contributed by atoms with Crippen LogP contribution in [0.25, 0.3) is 0 Å². The van der Waals surface area contributed by atoms with Crippen molar-refractivity contribution in [3.63, 3.8) is 0 Å². The quantitative estimate of drug-likeness (QED) is 0.700. The molecule has 0 spiro atoms. The maximum absolute atomic E-state index is 13.4. The number of nitrogens with zero attached hydrogens (tertiary/aromatic N) is 1. The van der Waals surface area contributed by atoms with E-state index in [-0.39, 0.29) is 10.7 Å². The van der Waals surface area contributed by atoms with Gasteiger partial charge in [0.2, 0.25) is 15.9 Å². The summed E-state index contributed by atoms with van der Waals surface area (Å²) in [6, 6.07) is 9.68. The summed E-state index contributed by atoms with van der Waals surface area (Å²) in [5, 5.41) is 2.56. The fraction of sp³-hybridized carbons (Fsp3) is 0.350. The summed E-state index contributed by atoms with van der Waals surface area (Å²) in [6.45, 7) is 3.98. The van der Waals surface area contributed by atoms with Gasteiger partial charge in [0.25, 0.3) is 0 Å². The Hall–Kier alpha value is -2.12. The Bertz CT molecular complexity index is 964. The van der Waals surface area contributed by atoms with Crippen LogP contribution < -0.4 is 9.62 Å². The zero-order valence-corrected chi connectivity index (χ0v) is 17.7. The molecule has 0 bridgehead atoms. The highest BCUT2D eigenvalue weighted by Crippen LogP contribution is 2.24. The minimum atomic E-state index is -3.76. The minimum absolute atomic E-state index is 0.131. The molecule has 0 aliphatic carbocycles. The first-order chi connectivity index (χ1) is 13.2. The molecule has 0 heterocycles. The third kappa shape index (κ3) is 5.69. The number of amides is 1. The molecule has 1 amide bonds. The van der Waals surface area contributed by atoms with Crippen LogP contribution in [0, 0.1) is 5.82 Å². The van der Waals surface area contributed by atoms with Gasteiger partial charge in [-0.25, -0.2) is 12.8 Å². The number of hydrogen-bond acceptors (Lipinski definition) is 3. The number of nitrogens with one attached hydrogen (secondary N) is 1. The molecule has 0 aliphatic rings. The SMILES string of the molecule is CCc1ccc(CC)c(CNC(=O)CN(c2ccc(F)c(Cl)c2)S(C)(=O)=O)c1. The molecule has 8 heteroatoms. The van der Waals surface area contributed by atoms with Crippen LogP contribution in [-0.4, -0.2) is 27.1 Å². The van der Waals surface area contributed by atoms with E-state index < -0.39 is 28.3 Å². The van der Waals surface area contributed by atoms with E-state index in [0.717, 1.165) is 40.6 Å². The molecule has 0 unspecified atom stereocenters. The number of sulfonamides is 1. The number of carbonyl (C=O) groups excluding carboxylic acids is 1. The van der Waals surface area contributed by atoms with Crippen molar-refractivity contribution in [3.8, 4) is 0 Å². The summed E-state index contributed by atoms with van der Waals surface area (Å²) in [5.74, 6) is -1.12. The van der Waals surface area contributed by atoms with E-state index >= 15 is 0 Å². The Balaban J connectivity index is 2.16. The van der Waals surface area contributed by atoms with Gasteiger partial charge in [0.05, 0.1) is 17.0 Å². The van der Waals surface area contributed by atoms with Crippen LogP contribution in [-0.2, 0) is 34.2 Å². The molecule has 2 aromatic carbocycles. The van der Waals surface area contributed by atoms with Crippen LogP contribution in [0.1, 0.15) is 30.5 Å². The summed E-state index contributed by atoms with van der Waals surface area (Å²) in [6.07, 6.45) is 2.70. The lowest BCUT2D eigenvalue weighted by molar-refractivity contribution is -0.119. The van der Waals surface area contributed by atoms with E-state index in [1.54, 1.807) is 0 Å². The molecule has 152 valence electrons. The first-order valence-corrected chi connectivity index (χ1v) is 11.2. The van der Waals surface area contributed by atoms with Crippen molar-refractivity contribution in [2.24, 2.45) is 0 Å². The number of benzene rings is 2. The number of anilines is 1. The summed E-state index contributed by atoms with van der Waals surface area (Å²) in [4.78, 5) is 12.4. The van der Waals surface area contributed by atoms with Gasteiger partial charge in [-0.05, 0) is 47.7 Å². The molecule has 5 nitrogen and oxygen atoms in total. The van der Waals surface area contributed by atoms with E-state index in [2.05, 4.69) is 18.3 Å². The van der Waals surface area contributed by atoms with Gasteiger partial charge in [0.1, 0.15) is 12.4 Å². The second-order valence-electron chi connectivity index (χ2n) is 6.45. The second kappa shape index (κ2) is 9.39. The van der Waals surface area contributed by atoms with Crippen LogP contribution in [0.4, 0.5) is 10.1 Å². The van der Waals surface area contributed by atoms with Crippen molar-refractivity contribution in [1.29, 1.82) is 0 Å². The fourth-order valence-corrected chi connectivity index (χ4v) is 3.85. The molecule has 0 atom stereocenters. The summed E-state index contributed by atoms with van der Waals surface area (Å²) < 4.78 is 38.5. The Labute approximate surface area is 170 Å². The van der Waals surface area contributed by atoms with Crippen molar-refractivity contribution >= 4 is 33.2 Å². The molecule has 2 aromatic rings. The highest BCUT2D eigenvalue weighted by molar-refractivity contribution is 7.92. The number of carbonyl (C=O) groups is 1. The lowest BCUT2D eigenvalue weighted by Crippen LogP contribution is -2.40. The molecule has 0 saturated carbocycles. The van der Waals surface area contributed by atoms with Gasteiger partial charge >= 0.3 is 0 Å². The minimum Gasteiger partial charge on any atom is -0.350 e. The molecule has 28 heavy (non-hydrogen) atoms. The van der Waals surface area contributed by atoms with Gasteiger partial charge in [-0.1, -0.05) is 43.6 Å². The predicted octanol–water partition coefficient (Wildman–Crippen LogP) is 3.69. The maximum Gasteiger partial charge on any atom is 0.241 e. The summed E-state index contributed by atoms with van der Waals surface area (Å²) in [5.41, 5.74) is 3.43. The molecular weight excluding hydrogens is 403 g/mol. The van der Waals surface area contributed by atoms with Crippen molar-refractivity contribution in [2.45, 2.75) is 33.2 Å². The van der Waals surface area contributed by atoms with Crippen LogP contribution in [0.3, 0.4) is 0 Å². The van der Waals surface area contributed by atoms with Crippen LogP contribution in [0.15, 0.2) is 36.4 Å². The number of rotatable bonds is 8. The predicted molar refractivity (Wildman–Crippen MR) is 111 cm³/mol. The highest BCUT2D eigenvalue weighted by atomic mass is 35.5. The average Bonchev–Trinajstić information content (AvgIpc) is 2.65.